The van der Waals surface area contributed by atoms with E-state index in [0.717, 1.165) is 10.0 Å². The van der Waals surface area contributed by atoms with Crippen molar-refractivity contribution in [1.82, 2.24) is 0 Å². The Labute approximate surface area is 90.9 Å². The van der Waals surface area contributed by atoms with Crippen LogP contribution in [0.1, 0.15) is 12.0 Å². The van der Waals surface area contributed by atoms with Crippen LogP contribution in [0.5, 0.6) is 0 Å². The van der Waals surface area contributed by atoms with Crippen molar-refractivity contribution in [2.45, 2.75) is 13.3 Å². The molecule has 1 N–H and O–H groups in total. The zero-order chi connectivity index (χ0) is 10.6. The van der Waals surface area contributed by atoms with Gasteiger partial charge in [-0.15, -0.1) is 0 Å². The number of hydrogen-bond donors (Lipinski definition) is 1. The predicted molar refractivity (Wildman–Crippen MR) is 57.7 cm³/mol. The van der Waals surface area contributed by atoms with Gasteiger partial charge in [-0.1, -0.05) is 15.9 Å². The largest absolute Gasteiger partial charge is 0.325 e. The van der Waals surface area contributed by atoms with Crippen LogP contribution in [0.25, 0.3) is 0 Å². The Hall–Kier alpha value is -1.34. The van der Waals surface area contributed by atoms with E-state index in [-0.39, 0.29) is 12.3 Å². The molecule has 1 aromatic carbocycles. The van der Waals surface area contributed by atoms with Crippen molar-refractivity contribution in [2.24, 2.45) is 0 Å². The summed E-state index contributed by atoms with van der Waals surface area (Å²) in [7, 11) is 0. The minimum Gasteiger partial charge on any atom is -0.325 e. The van der Waals surface area contributed by atoms with Gasteiger partial charge in [-0.25, -0.2) is 0 Å². The third kappa shape index (κ3) is 3.19. The lowest BCUT2D eigenvalue weighted by Crippen LogP contribution is -2.10. The van der Waals surface area contributed by atoms with Crippen molar-refractivity contribution in [3.8, 4) is 6.07 Å². The number of halogens is 1. The van der Waals surface area contributed by atoms with Gasteiger partial charge >= 0.3 is 0 Å². The van der Waals surface area contributed by atoms with Crippen LogP contribution in [0.4, 0.5) is 5.69 Å². The molecule has 0 aliphatic carbocycles. The topological polar surface area (TPSA) is 52.9 Å². The maximum Gasteiger partial charge on any atom is 0.238 e. The first kappa shape index (κ1) is 10.7. The van der Waals surface area contributed by atoms with Crippen molar-refractivity contribution in [1.29, 1.82) is 5.26 Å². The Kier molecular flexibility index (Phi) is 3.66. The van der Waals surface area contributed by atoms with Gasteiger partial charge in [0.25, 0.3) is 0 Å². The minimum atomic E-state index is -0.287. The van der Waals surface area contributed by atoms with Crippen LogP contribution in [0.3, 0.4) is 0 Å². The van der Waals surface area contributed by atoms with Crippen LogP contribution in [0, 0.1) is 18.3 Å². The average molecular weight is 253 g/mol. The normalized spacial score (nSPS) is 9.21. The molecular formula is C10H9BrN2O. The standard InChI is InChI=1S/C10H9BrN2O/c1-7-4-8(11)6-9(5-7)13-10(14)2-3-12/h4-6H,2H2,1H3,(H,13,14). The lowest BCUT2D eigenvalue weighted by molar-refractivity contribution is -0.115. The Balaban J connectivity index is 2.77. The fourth-order valence-electron chi connectivity index (χ4n) is 1.09. The van der Waals surface area contributed by atoms with Gasteiger partial charge in [-0.3, -0.25) is 4.79 Å². The highest BCUT2D eigenvalue weighted by molar-refractivity contribution is 9.10. The SMILES string of the molecule is Cc1cc(Br)cc(NC(=O)CC#N)c1. The van der Waals surface area contributed by atoms with Crippen molar-refractivity contribution in [2.75, 3.05) is 5.32 Å². The summed E-state index contributed by atoms with van der Waals surface area (Å²) in [5.41, 5.74) is 1.75. The molecule has 0 aliphatic heterocycles. The number of nitrogens with one attached hydrogen (secondary N) is 1. The molecule has 0 heterocycles. The van der Waals surface area contributed by atoms with Gasteiger partial charge < -0.3 is 5.32 Å². The van der Waals surface area contributed by atoms with Crippen LogP contribution in [-0.2, 0) is 4.79 Å². The highest BCUT2D eigenvalue weighted by Gasteiger charge is 2.02. The fourth-order valence-corrected chi connectivity index (χ4v) is 1.69. The Bertz CT molecular complexity index is 375. The third-order valence-corrected chi connectivity index (χ3v) is 2.02. The van der Waals surface area contributed by atoms with E-state index >= 15 is 0 Å². The number of anilines is 1. The summed E-state index contributed by atoms with van der Waals surface area (Å²) in [5.74, 6) is -0.287. The van der Waals surface area contributed by atoms with Crippen molar-refractivity contribution in [3.05, 3.63) is 28.2 Å². The highest BCUT2D eigenvalue weighted by atomic mass is 79.9. The first-order valence-corrected chi connectivity index (χ1v) is 4.85. The zero-order valence-electron chi connectivity index (χ0n) is 7.67. The van der Waals surface area contributed by atoms with Crippen LogP contribution in [-0.4, -0.2) is 5.91 Å². The smallest absolute Gasteiger partial charge is 0.238 e. The van der Waals surface area contributed by atoms with E-state index in [4.69, 9.17) is 5.26 Å². The lowest BCUT2D eigenvalue weighted by atomic mass is 10.2. The van der Waals surface area contributed by atoms with E-state index in [0.29, 0.717) is 5.69 Å². The van der Waals surface area contributed by atoms with Gasteiger partial charge in [0.05, 0.1) is 6.07 Å². The van der Waals surface area contributed by atoms with E-state index in [9.17, 15) is 4.79 Å². The number of carbonyl (C=O) groups excluding carboxylic acids is 1. The second-order valence-electron chi connectivity index (χ2n) is 2.90. The number of rotatable bonds is 2. The molecule has 0 aliphatic rings. The Morgan fingerprint density at radius 3 is 2.86 bits per heavy atom. The van der Waals surface area contributed by atoms with Gasteiger partial charge in [-0.2, -0.15) is 5.26 Å². The molecule has 0 unspecified atom stereocenters. The molecule has 4 heteroatoms. The van der Waals surface area contributed by atoms with Gasteiger partial charge in [0.15, 0.2) is 0 Å². The van der Waals surface area contributed by atoms with Crippen LogP contribution < -0.4 is 5.32 Å². The van der Waals surface area contributed by atoms with Crippen molar-refractivity contribution >= 4 is 27.5 Å². The quantitative estimate of drug-likeness (QED) is 0.880. The monoisotopic (exact) mass is 252 g/mol. The molecule has 0 atom stereocenters. The fraction of sp³-hybridized carbons (Fsp3) is 0.200. The molecule has 1 amide bonds. The molecule has 1 rings (SSSR count). The minimum absolute atomic E-state index is 0.119. The Morgan fingerprint density at radius 1 is 1.57 bits per heavy atom. The number of aryl methyl sites for hydroxylation is 1. The maximum absolute atomic E-state index is 11.1. The number of hydrogen-bond acceptors (Lipinski definition) is 2. The van der Waals surface area contributed by atoms with Crippen LogP contribution >= 0.6 is 15.9 Å². The van der Waals surface area contributed by atoms with E-state index in [1.54, 1.807) is 12.1 Å². The molecule has 0 radical (unpaired) electrons. The summed E-state index contributed by atoms with van der Waals surface area (Å²) >= 11 is 3.33. The molecule has 0 saturated heterocycles. The average Bonchev–Trinajstić information content (AvgIpc) is 2.01. The number of carbonyl (C=O) groups is 1. The van der Waals surface area contributed by atoms with Gasteiger partial charge in [0.1, 0.15) is 6.42 Å². The second kappa shape index (κ2) is 4.77. The summed E-state index contributed by atoms with van der Waals surface area (Å²) in [6.07, 6.45) is -0.119. The van der Waals surface area contributed by atoms with E-state index in [1.165, 1.54) is 0 Å². The van der Waals surface area contributed by atoms with Gasteiger partial charge in [0, 0.05) is 10.2 Å². The van der Waals surface area contributed by atoms with Crippen molar-refractivity contribution in [3.63, 3.8) is 0 Å². The van der Waals surface area contributed by atoms with E-state index in [2.05, 4.69) is 21.2 Å². The van der Waals surface area contributed by atoms with Gasteiger partial charge in [0.2, 0.25) is 5.91 Å². The van der Waals surface area contributed by atoms with E-state index in [1.807, 2.05) is 19.1 Å². The first-order chi connectivity index (χ1) is 6.61. The number of amides is 1. The number of benzene rings is 1. The summed E-state index contributed by atoms with van der Waals surface area (Å²) in [5, 5.41) is 10.9. The molecule has 3 nitrogen and oxygen atoms in total. The lowest BCUT2D eigenvalue weighted by Gasteiger charge is -2.04. The molecule has 0 saturated carbocycles. The molecule has 14 heavy (non-hydrogen) atoms. The Morgan fingerprint density at radius 2 is 2.29 bits per heavy atom. The molecule has 0 spiro atoms. The number of nitrogens with zero attached hydrogens (tertiary/aromatic N) is 1. The summed E-state index contributed by atoms with van der Waals surface area (Å²) in [6.45, 7) is 1.94. The third-order valence-electron chi connectivity index (χ3n) is 1.57. The summed E-state index contributed by atoms with van der Waals surface area (Å²) in [6, 6.07) is 7.38. The zero-order valence-corrected chi connectivity index (χ0v) is 9.26. The molecule has 72 valence electrons. The molecule has 0 fully saturated rings. The summed E-state index contributed by atoms with van der Waals surface area (Å²) in [4.78, 5) is 11.1. The molecule has 0 aromatic heterocycles. The van der Waals surface area contributed by atoms with Crippen molar-refractivity contribution < 1.29 is 4.79 Å². The molecule has 0 bridgehead atoms. The molecular weight excluding hydrogens is 244 g/mol. The van der Waals surface area contributed by atoms with E-state index < -0.39 is 0 Å². The summed E-state index contributed by atoms with van der Waals surface area (Å²) < 4.78 is 0.907. The first-order valence-electron chi connectivity index (χ1n) is 4.06. The predicted octanol–water partition coefficient (Wildman–Crippen LogP) is 2.61. The van der Waals surface area contributed by atoms with Gasteiger partial charge in [-0.05, 0) is 30.7 Å². The highest BCUT2D eigenvalue weighted by Crippen LogP contribution is 2.18. The van der Waals surface area contributed by atoms with Crippen LogP contribution in [0.15, 0.2) is 22.7 Å². The van der Waals surface area contributed by atoms with Crippen LogP contribution in [0.2, 0.25) is 0 Å². The number of nitriles is 1. The molecule has 1 aromatic rings. The second-order valence-corrected chi connectivity index (χ2v) is 3.82. The maximum atomic E-state index is 11.1.